The van der Waals surface area contributed by atoms with Gasteiger partial charge in [-0.2, -0.15) is 13.2 Å². The Morgan fingerprint density at radius 1 is 1.36 bits per heavy atom. The highest BCUT2D eigenvalue weighted by Gasteiger charge is 2.35. The fourth-order valence-corrected chi connectivity index (χ4v) is 3.10. The van der Waals surface area contributed by atoms with Gasteiger partial charge in [-0.15, -0.1) is 11.3 Å². The summed E-state index contributed by atoms with van der Waals surface area (Å²) < 4.78 is 38.4. The van der Waals surface area contributed by atoms with Crippen LogP contribution in [0.3, 0.4) is 0 Å². The number of benzene rings is 1. The molecule has 22 heavy (non-hydrogen) atoms. The number of nitrogens with zero attached hydrogens (tertiary/aromatic N) is 1. The number of nitrogens with two attached hydrogens (primary N) is 1. The number of guanidine groups is 1. The summed E-state index contributed by atoms with van der Waals surface area (Å²) in [4.78, 5) is 0.373. The van der Waals surface area contributed by atoms with E-state index in [1.807, 2.05) is 13.0 Å². The van der Waals surface area contributed by atoms with E-state index in [2.05, 4.69) is 0 Å². The molecule has 1 aromatic heterocycles. The molecule has 0 saturated carbocycles. The molecule has 1 aromatic carbocycles. The second-order valence-corrected chi connectivity index (χ2v) is 6.17. The average Bonchev–Trinajstić information content (AvgIpc) is 2.81. The number of aryl methyl sites for hydroxylation is 1. The van der Waals surface area contributed by atoms with E-state index in [1.165, 1.54) is 4.90 Å². The second-order valence-electron chi connectivity index (χ2n) is 4.51. The summed E-state index contributed by atoms with van der Waals surface area (Å²) in [5.41, 5.74) is 7.09. The van der Waals surface area contributed by atoms with Crippen LogP contribution in [-0.4, -0.2) is 5.96 Å². The highest BCUT2D eigenvalue weighted by Crippen LogP contribution is 2.44. The van der Waals surface area contributed by atoms with Crippen molar-refractivity contribution in [3.63, 3.8) is 0 Å². The van der Waals surface area contributed by atoms with Gasteiger partial charge < -0.3 is 5.73 Å². The molecule has 0 aliphatic heterocycles. The molecule has 0 saturated heterocycles. The molecule has 0 radical (unpaired) electrons. The van der Waals surface area contributed by atoms with Crippen LogP contribution in [0.4, 0.5) is 24.5 Å². The number of nitrogens with one attached hydrogen (secondary N) is 1. The Balaban J connectivity index is 2.53. The van der Waals surface area contributed by atoms with Crippen LogP contribution in [-0.2, 0) is 12.6 Å². The standard InChI is InChI=1S/C14H13ClF3N3S/c1-2-8-4-3-5-9(6-8)21(13(19)20)10-7-11(14(16,17)18)22-12(10)15/h3-7H,2H2,1H3,(H3,19,20). The second kappa shape index (κ2) is 6.18. The number of hydrogen-bond donors (Lipinski definition) is 2. The van der Waals surface area contributed by atoms with Gasteiger partial charge >= 0.3 is 6.18 Å². The Kier molecular flexibility index (Phi) is 4.67. The number of halogens is 4. The van der Waals surface area contributed by atoms with Crippen LogP contribution in [0.1, 0.15) is 17.4 Å². The molecule has 3 nitrogen and oxygen atoms in total. The van der Waals surface area contributed by atoms with Gasteiger partial charge in [0.25, 0.3) is 0 Å². The SMILES string of the molecule is CCc1cccc(N(C(=N)N)c2cc(C(F)(F)F)sc2Cl)c1. The van der Waals surface area contributed by atoms with E-state index in [1.54, 1.807) is 18.2 Å². The summed E-state index contributed by atoms with van der Waals surface area (Å²) in [6, 6.07) is 7.99. The van der Waals surface area contributed by atoms with E-state index >= 15 is 0 Å². The van der Waals surface area contributed by atoms with Crippen molar-refractivity contribution in [1.82, 2.24) is 0 Å². The minimum atomic E-state index is -4.49. The summed E-state index contributed by atoms with van der Waals surface area (Å²) >= 11 is 6.36. The lowest BCUT2D eigenvalue weighted by molar-refractivity contribution is -0.134. The van der Waals surface area contributed by atoms with Gasteiger partial charge in [-0.1, -0.05) is 30.7 Å². The number of anilines is 2. The lowest BCUT2D eigenvalue weighted by Crippen LogP contribution is -2.32. The Morgan fingerprint density at radius 2 is 2.05 bits per heavy atom. The highest BCUT2D eigenvalue weighted by atomic mass is 35.5. The first-order chi connectivity index (χ1) is 10.2. The van der Waals surface area contributed by atoms with Crippen molar-refractivity contribution >= 4 is 40.3 Å². The van der Waals surface area contributed by atoms with Gasteiger partial charge in [0, 0.05) is 5.69 Å². The molecule has 0 aliphatic carbocycles. The van der Waals surface area contributed by atoms with Gasteiger partial charge in [-0.25, -0.2) is 0 Å². The normalized spacial score (nSPS) is 11.5. The maximum Gasteiger partial charge on any atom is 0.425 e. The smallest absolute Gasteiger partial charge is 0.369 e. The topological polar surface area (TPSA) is 53.1 Å². The van der Waals surface area contributed by atoms with Crippen LogP contribution >= 0.6 is 22.9 Å². The molecule has 0 bridgehead atoms. The summed E-state index contributed by atoms with van der Waals surface area (Å²) in [6.07, 6.45) is -3.73. The Morgan fingerprint density at radius 3 is 2.55 bits per heavy atom. The minimum absolute atomic E-state index is 0.0553. The van der Waals surface area contributed by atoms with Gasteiger partial charge in [-0.3, -0.25) is 10.3 Å². The molecule has 0 spiro atoms. The van der Waals surface area contributed by atoms with Gasteiger partial charge in [-0.05, 0) is 30.2 Å². The molecule has 0 unspecified atom stereocenters. The molecule has 118 valence electrons. The molecular weight excluding hydrogens is 335 g/mol. The van der Waals surface area contributed by atoms with E-state index in [0.717, 1.165) is 18.1 Å². The van der Waals surface area contributed by atoms with Gasteiger partial charge in [0.05, 0.1) is 5.69 Å². The van der Waals surface area contributed by atoms with Crippen molar-refractivity contribution in [3.05, 3.63) is 45.1 Å². The zero-order valence-electron chi connectivity index (χ0n) is 11.5. The monoisotopic (exact) mass is 347 g/mol. The van der Waals surface area contributed by atoms with Gasteiger partial charge in [0.1, 0.15) is 9.21 Å². The third-order valence-electron chi connectivity index (χ3n) is 3.01. The predicted molar refractivity (Wildman–Crippen MR) is 84.2 cm³/mol. The zero-order valence-corrected chi connectivity index (χ0v) is 13.1. The first-order valence-electron chi connectivity index (χ1n) is 6.33. The first kappa shape index (κ1) is 16.6. The summed E-state index contributed by atoms with van der Waals surface area (Å²) in [6.45, 7) is 1.95. The Bertz CT molecular complexity index is 697. The molecular formula is C14H13ClF3N3S. The molecule has 2 aromatic rings. The van der Waals surface area contributed by atoms with Crippen molar-refractivity contribution in [3.8, 4) is 0 Å². The van der Waals surface area contributed by atoms with Crippen molar-refractivity contribution in [2.45, 2.75) is 19.5 Å². The molecule has 0 fully saturated rings. The van der Waals surface area contributed by atoms with Crippen molar-refractivity contribution in [2.24, 2.45) is 5.73 Å². The van der Waals surface area contributed by atoms with E-state index in [0.29, 0.717) is 17.0 Å². The Hall–Kier alpha value is -1.73. The van der Waals surface area contributed by atoms with E-state index in [4.69, 9.17) is 22.7 Å². The van der Waals surface area contributed by atoms with Crippen LogP contribution in [0.2, 0.25) is 4.34 Å². The lowest BCUT2D eigenvalue weighted by Gasteiger charge is -2.22. The van der Waals surface area contributed by atoms with Gasteiger partial charge in [0.15, 0.2) is 5.96 Å². The highest BCUT2D eigenvalue weighted by molar-refractivity contribution is 7.17. The fraction of sp³-hybridized carbons (Fsp3) is 0.214. The van der Waals surface area contributed by atoms with Crippen molar-refractivity contribution in [2.75, 3.05) is 4.90 Å². The third-order valence-corrected chi connectivity index (χ3v) is 4.39. The maximum atomic E-state index is 12.8. The summed E-state index contributed by atoms with van der Waals surface area (Å²) in [5.74, 6) is -0.401. The quantitative estimate of drug-likeness (QED) is 0.605. The summed E-state index contributed by atoms with van der Waals surface area (Å²) in [5, 5.41) is 7.68. The number of alkyl halides is 3. The minimum Gasteiger partial charge on any atom is -0.369 e. The first-order valence-corrected chi connectivity index (χ1v) is 7.53. The molecule has 0 aliphatic rings. The molecule has 0 amide bonds. The van der Waals surface area contributed by atoms with Crippen LogP contribution in [0.15, 0.2) is 30.3 Å². The number of rotatable bonds is 3. The van der Waals surface area contributed by atoms with E-state index in [-0.39, 0.29) is 10.0 Å². The molecule has 3 N–H and O–H groups in total. The zero-order chi connectivity index (χ0) is 16.5. The maximum absolute atomic E-state index is 12.8. The number of thiophene rings is 1. The average molecular weight is 348 g/mol. The molecule has 8 heteroatoms. The van der Waals surface area contributed by atoms with Crippen LogP contribution < -0.4 is 10.6 Å². The largest absolute Gasteiger partial charge is 0.425 e. The molecule has 1 heterocycles. The number of hydrogen-bond acceptors (Lipinski definition) is 2. The predicted octanol–water partition coefficient (Wildman–Crippen LogP) is 5.01. The van der Waals surface area contributed by atoms with Gasteiger partial charge in [0.2, 0.25) is 0 Å². The summed E-state index contributed by atoms with van der Waals surface area (Å²) in [7, 11) is 0. The Labute approximate surface area is 134 Å². The molecule has 2 rings (SSSR count). The van der Waals surface area contributed by atoms with E-state index < -0.39 is 17.0 Å². The van der Waals surface area contributed by atoms with Crippen LogP contribution in [0.25, 0.3) is 0 Å². The molecule has 0 atom stereocenters. The van der Waals surface area contributed by atoms with Crippen LogP contribution in [0.5, 0.6) is 0 Å². The van der Waals surface area contributed by atoms with E-state index in [9.17, 15) is 13.2 Å². The third kappa shape index (κ3) is 3.36. The van der Waals surface area contributed by atoms with Crippen molar-refractivity contribution < 1.29 is 13.2 Å². The van der Waals surface area contributed by atoms with Crippen molar-refractivity contribution in [1.29, 1.82) is 5.41 Å². The lowest BCUT2D eigenvalue weighted by atomic mass is 10.1. The fourth-order valence-electron chi connectivity index (χ4n) is 1.97. The van der Waals surface area contributed by atoms with Crippen LogP contribution in [0, 0.1) is 5.41 Å².